The van der Waals surface area contributed by atoms with Gasteiger partial charge >= 0.3 is 5.97 Å². The van der Waals surface area contributed by atoms with Gasteiger partial charge < -0.3 is 19.5 Å². The summed E-state index contributed by atoms with van der Waals surface area (Å²) in [6, 6.07) is 15.6. The van der Waals surface area contributed by atoms with E-state index in [-0.39, 0.29) is 17.8 Å². The fourth-order valence-corrected chi connectivity index (χ4v) is 5.74. The summed E-state index contributed by atoms with van der Waals surface area (Å²) < 4.78 is 17.6. The minimum Gasteiger partial charge on any atom is -0.496 e. The number of ether oxygens (including phenoxy) is 3. The van der Waals surface area contributed by atoms with Crippen molar-refractivity contribution in [3.8, 4) is 28.4 Å². The monoisotopic (exact) mass is 570 g/mol. The number of anilines is 1. The Hall–Kier alpha value is -4.63. The molecular formula is C32H30N2O6S. The van der Waals surface area contributed by atoms with Crippen LogP contribution in [0.15, 0.2) is 71.4 Å². The van der Waals surface area contributed by atoms with Gasteiger partial charge in [0.15, 0.2) is 0 Å². The summed E-state index contributed by atoms with van der Waals surface area (Å²) in [5, 5.41) is 18.5. The zero-order chi connectivity index (χ0) is 29.3. The van der Waals surface area contributed by atoms with Crippen LogP contribution in [-0.4, -0.2) is 23.5 Å². The van der Waals surface area contributed by atoms with Gasteiger partial charge in [-0.05, 0) is 80.1 Å². The Bertz CT molecular complexity index is 1670. The van der Waals surface area contributed by atoms with Crippen molar-refractivity contribution >= 4 is 34.3 Å². The Morgan fingerprint density at radius 2 is 1.80 bits per heavy atom. The Kier molecular flexibility index (Phi) is 7.55. The van der Waals surface area contributed by atoms with E-state index in [4.69, 9.17) is 14.2 Å². The van der Waals surface area contributed by atoms with E-state index >= 15 is 0 Å². The summed E-state index contributed by atoms with van der Waals surface area (Å²) in [4.78, 5) is 23.5. The quantitative estimate of drug-likeness (QED) is 0.0990. The molecule has 2 heterocycles. The molecule has 0 atom stereocenters. The Balaban J connectivity index is 1.58. The predicted molar refractivity (Wildman–Crippen MR) is 161 cm³/mol. The number of carbonyl (C=O) groups is 1. The lowest BCUT2D eigenvalue weighted by Crippen LogP contribution is -2.32. The molecule has 1 aliphatic heterocycles. The zero-order valence-electron chi connectivity index (χ0n) is 23.4. The van der Waals surface area contributed by atoms with Gasteiger partial charge in [-0.3, -0.25) is 10.1 Å². The van der Waals surface area contributed by atoms with E-state index in [9.17, 15) is 14.9 Å². The minimum absolute atomic E-state index is 0.0327. The van der Waals surface area contributed by atoms with Crippen LogP contribution in [0.3, 0.4) is 0 Å². The van der Waals surface area contributed by atoms with E-state index < -0.39 is 10.9 Å². The lowest BCUT2D eigenvalue weighted by atomic mass is 9.85. The van der Waals surface area contributed by atoms with Gasteiger partial charge in [-0.15, -0.1) is 0 Å². The van der Waals surface area contributed by atoms with Crippen molar-refractivity contribution in [2.45, 2.75) is 39.8 Å². The maximum atomic E-state index is 12.5. The Morgan fingerprint density at radius 1 is 1.02 bits per heavy atom. The van der Waals surface area contributed by atoms with Crippen LogP contribution in [0.5, 0.6) is 17.2 Å². The number of non-ortho nitro benzene ring substituents is 1. The van der Waals surface area contributed by atoms with Gasteiger partial charge in [0, 0.05) is 39.9 Å². The molecule has 1 aliphatic rings. The number of methoxy groups -OCH3 is 1. The molecule has 0 aliphatic carbocycles. The number of esters is 1. The highest BCUT2D eigenvalue weighted by Crippen LogP contribution is 2.43. The molecule has 0 spiro atoms. The molecular weight excluding hydrogens is 540 g/mol. The number of hydrogen-bond acceptors (Lipinski definition) is 8. The Labute approximate surface area is 242 Å². The molecule has 0 saturated heterocycles. The first-order chi connectivity index (χ1) is 19.6. The Morgan fingerprint density at radius 3 is 2.51 bits per heavy atom. The number of aryl methyl sites for hydroxylation is 1. The summed E-state index contributed by atoms with van der Waals surface area (Å²) in [7, 11) is 1.57. The molecule has 5 rings (SSSR count). The maximum Gasteiger partial charge on any atom is 0.344 e. The number of thiophene rings is 1. The van der Waals surface area contributed by atoms with E-state index in [1.165, 1.54) is 23.5 Å². The molecule has 0 unspecified atom stereocenters. The third-order valence-electron chi connectivity index (χ3n) is 6.93. The minimum atomic E-state index is -0.439. The second kappa shape index (κ2) is 11.1. The first-order valence-electron chi connectivity index (χ1n) is 13.0. The number of nitrogens with zero attached hydrogens (tertiary/aromatic N) is 1. The topological polar surface area (TPSA) is 99.9 Å². The number of benzene rings is 3. The van der Waals surface area contributed by atoms with Gasteiger partial charge in [0.05, 0.1) is 29.2 Å². The van der Waals surface area contributed by atoms with Crippen LogP contribution in [0, 0.1) is 17.0 Å². The predicted octanol–water partition coefficient (Wildman–Crippen LogP) is 8.05. The number of rotatable bonds is 8. The number of nitrogens with one attached hydrogen (secondary N) is 1. The number of fused-ring (bicyclic) bond motifs is 1. The number of hydrogen-bond donors (Lipinski definition) is 1. The first kappa shape index (κ1) is 27.9. The largest absolute Gasteiger partial charge is 0.496 e. The molecule has 41 heavy (non-hydrogen) atoms. The average Bonchev–Trinajstić information content (AvgIpc) is 3.47. The molecule has 0 amide bonds. The van der Waals surface area contributed by atoms with Crippen LogP contribution < -0.4 is 19.5 Å². The maximum absolute atomic E-state index is 12.5. The molecule has 0 bridgehead atoms. The van der Waals surface area contributed by atoms with E-state index in [1.54, 1.807) is 36.8 Å². The summed E-state index contributed by atoms with van der Waals surface area (Å²) in [5.41, 5.74) is 6.61. The number of nitro groups is 1. The highest BCUT2D eigenvalue weighted by Gasteiger charge is 2.27. The molecule has 210 valence electrons. The van der Waals surface area contributed by atoms with Crippen LogP contribution >= 0.6 is 11.3 Å². The number of allylic oxidation sites excluding steroid dienone is 1. The van der Waals surface area contributed by atoms with Crippen molar-refractivity contribution in [2.75, 3.05) is 12.4 Å². The van der Waals surface area contributed by atoms with E-state index in [0.717, 1.165) is 39.1 Å². The van der Waals surface area contributed by atoms with Crippen molar-refractivity contribution in [3.05, 3.63) is 104 Å². The van der Waals surface area contributed by atoms with Crippen LogP contribution in [0.4, 0.5) is 11.4 Å². The lowest BCUT2D eigenvalue weighted by Gasteiger charge is -2.33. The van der Waals surface area contributed by atoms with Crippen molar-refractivity contribution < 1.29 is 23.9 Å². The number of nitro benzene ring substituents is 1. The molecule has 3 aromatic carbocycles. The molecule has 1 N–H and O–H groups in total. The van der Waals surface area contributed by atoms with Gasteiger partial charge in [-0.1, -0.05) is 12.1 Å². The number of carbonyl (C=O) groups excluding carboxylic acids is 1. The summed E-state index contributed by atoms with van der Waals surface area (Å²) in [6.07, 6.45) is 2.17. The van der Waals surface area contributed by atoms with Crippen molar-refractivity contribution in [1.82, 2.24) is 0 Å². The van der Waals surface area contributed by atoms with Gasteiger partial charge in [0.1, 0.15) is 23.9 Å². The standard InChI is InChI=1S/C32H30N2O6S/c1-19-6-7-22(34(36)37)14-28(19)39-17-26-24(10-11-27-30(26)20(2)16-32(3,4)33-27)25-9-8-23(15-29(25)38-5)40-31(35)21-12-13-41-18-21/h6-16,18,33H,17H2,1-5H3. The van der Waals surface area contributed by atoms with Gasteiger partial charge in [0.25, 0.3) is 5.69 Å². The molecule has 0 saturated carbocycles. The molecule has 4 aromatic rings. The second-order valence-corrected chi connectivity index (χ2v) is 11.2. The zero-order valence-corrected chi connectivity index (χ0v) is 24.3. The van der Waals surface area contributed by atoms with Crippen LogP contribution in [-0.2, 0) is 6.61 Å². The smallest absolute Gasteiger partial charge is 0.344 e. The van der Waals surface area contributed by atoms with Crippen molar-refractivity contribution in [3.63, 3.8) is 0 Å². The van der Waals surface area contributed by atoms with Crippen molar-refractivity contribution in [2.24, 2.45) is 0 Å². The van der Waals surface area contributed by atoms with Crippen LogP contribution in [0.25, 0.3) is 16.7 Å². The highest BCUT2D eigenvalue weighted by atomic mass is 32.1. The van der Waals surface area contributed by atoms with E-state index in [1.807, 2.05) is 30.5 Å². The SMILES string of the molecule is COc1cc(OC(=O)c2ccsc2)ccc1-c1ccc2c(c1COc1cc([N+](=O)[O-])ccc1C)C(C)=CC(C)(C)N2. The second-order valence-electron chi connectivity index (χ2n) is 10.4. The van der Waals surface area contributed by atoms with E-state index in [2.05, 4.69) is 32.2 Å². The van der Waals surface area contributed by atoms with Gasteiger partial charge in [-0.25, -0.2) is 4.79 Å². The molecule has 0 radical (unpaired) electrons. The molecule has 8 nitrogen and oxygen atoms in total. The normalized spacial score (nSPS) is 13.4. The molecule has 0 fully saturated rings. The van der Waals surface area contributed by atoms with E-state index in [0.29, 0.717) is 22.8 Å². The molecule has 1 aromatic heterocycles. The molecule has 9 heteroatoms. The summed E-state index contributed by atoms with van der Waals surface area (Å²) in [5.74, 6) is 0.894. The summed E-state index contributed by atoms with van der Waals surface area (Å²) >= 11 is 1.42. The average molecular weight is 571 g/mol. The van der Waals surface area contributed by atoms with Gasteiger partial charge in [-0.2, -0.15) is 11.3 Å². The lowest BCUT2D eigenvalue weighted by molar-refractivity contribution is -0.385. The fourth-order valence-electron chi connectivity index (χ4n) is 5.11. The highest BCUT2D eigenvalue weighted by molar-refractivity contribution is 7.08. The third kappa shape index (κ3) is 5.81. The van der Waals surface area contributed by atoms with Gasteiger partial charge in [0.2, 0.25) is 0 Å². The van der Waals surface area contributed by atoms with Crippen LogP contribution in [0.1, 0.15) is 47.8 Å². The van der Waals surface area contributed by atoms with Crippen molar-refractivity contribution in [1.29, 1.82) is 0 Å². The summed E-state index contributed by atoms with van der Waals surface area (Å²) in [6.45, 7) is 8.29. The third-order valence-corrected chi connectivity index (χ3v) is 7.61. The fraction of sp³-hybridized carbons (Fsp3) is 0.219. The van der Waals surface area contributed by atoms with Crippen LogP contribution in [0.2, 0.25) is 0 Å². The first-order valence-corrected chi connectivity index (χ1v) is 13.9.